The lowest BCUT2D eigenvalue weighted by Crippen LogP contribution is -2.51. The monoisotopic (exact) mass is 408 g/mol. The van der Waals surface area contributed by atoms with Gasteiger partial charge in [-0.05, 0) is 51.3 Å². The fourth-order valence-electron chi connectivity index (χ4n) is 2.23. The molecule has 0 saturated carbocycles. The summed E-state index contributed by atoms with van der Waals surface area (Å²) in [5.74, 6) is 0.153. The van der Waals surface area contributed by atoms with Crippen LogP contribution in [0.25, 0.3) is 0 Å². The van der Waals surface area contributed by atoms with Crippen molar-refractivity contribution in [3.63, 3.8) is 0 Å². The summed E-state index contributed by atoms with van der Waals surface area (Å²) in [7, 11) is 0. The van der Waals surface area contributed by atoms with Crippen LogP contribution in [0.1, 0.15) is 29.9 Å². The fraction of sp³-hybridized carbons (Fsp3) is 0.615. The van der Waals surface area contributed by atoms with E-state index >= 15 is 0 Å². The molecule has 0 spiro atoms. The molecule has 1 atom stereocenters. The molecule has 1 fully saturated rings. The Morgan fingerprint density at radius 1 is 1.37 bits per heavy atom. The molecule has 1 aliphatic heterocycles. The third-order valence-electron chi connectivity index (χ3n) is 3.67. The first-order valence-electron chi connectivity index (χ1n) is 6.51. The Bertz CT molecular complexity index is 436. The van der Waals surface area contributed by atoms with Gasteiger partial charge in [-0.2, -0.15) is 0 Å². The first-order chi connectivity index (χ1) is 9.02. The van der Waals surface area contributed by atoms with E-state index in [1.807, 2.05) is 11.0 Å². The van der Waals surface area contributed by atoms with E-state index in [2.05, 4.69) is 50.6 Å². The third-order valence-corrected chi connectivity index (χ3v) is 6.92. The Hall–Kier alpha value is 0.0900. The minimum atomic E-state index is 0.153. The van der Waals surface area contributed by atoms with Crippen LogP contribution in [-0.2, 0) is 0 Å². The molecule has 6 heteroatoms. The summed E-state index contributed by atoms with van der Waals surface area (Å²) in [6.45, 7) is 8.09. The number of hydrogen-bond donors (Lipinski definition) is 0. The number of carbonyl (C=O) groups is 1. The molecule has 1 aromatic heterocycles. The van der Waals surface area contributed by atoms with Crippen LogP contribution in [-0.4, -0.2) is 47.9 Å². The Balaban J connectivity index is 1.96. The van der Waals surface area contributed by atoms with E-state index in [1.165, 1.54) is 17.8 Å². The highest BCUT2D eigenvalue weighted by molar-refractivity contribution is 9.13. The van der Waals surface area contributed by atoms with Gasteiger partial charge in [0.25, 0.3) is 5.91 Å². The lowest BCUT2D eigenvalue weighted by molar-refractivity contribution is 0.0584. The number of amides is 1. The minimum absolute atomic E-state index is 0.153. The van der Waals surface area contributed by atoms with Gasteiger partial charge in [-0.1, -0.05) is 6.92 Å². The summed E-state index contributed by atoms with van der Waals surface area (Å²) >= 11 is 8.36. The molecule has 2 heterocycles. The maximum absolute atomic E-state index is 12.4. The molecule has 106 valence electrons. The van der Waals surface area contributed by atoms with E-state index in [0.717, 1.165) is 39.3 Å². The summed E-state index contributed by atoms with van der Waals surface area (Å²) in [5.41, 5.74) is 0. The standard InChI is InChI=1S/C13H18Br2N2OS/c1-3-9(2)16-4-6-17(7-5-16)13(18)11-8-10(14)12(15)19-11/h8-9H,3-7H2,1-2H3. The normalized spacial score (nSPS) is 18.6. The van der Waals surface area contributed by atoms with Crippen molar-refractivity contribution in [2.75, 3.05) is 26.2 Å². The molecule has 3 nitrogen and oxygen atoms in total. The predicted octanol–water partition coefficient (Wildman–Crippen LogP) is 3.83. The van der Waals surface area contributed by atoms with Crippen molar-refractivity contribution in [1.29, 1.82) is 0 Å². The molecule has 0 aliphatic carbocycles. The van der Waals surface area contributed by atoms with Crippen molar-refractivity contribution >= 4 is 49.1 Å². The highest BCUT2D eigenvalue weighted by Crippen LogP contribution is 2.33. The van der Waals surface area contributed by atoms with Crippen LogP contribution >= 0.6 is 43.2 Å². The van der Waals surface area contributed by atoms with Crippen LogP contribution in [0.2, 0.25) is 0 Å². The molecular weight excluding hydrogens is 392 g/mol. The second kappa shape index (κ2) is 6.70. The third kappa shape index (κ3) is 3.60. The van der Waals surface area contributed by atoms with Gasteiger partial charge in [0.05, 0.1) is 8.66 Å². The zero-order valence-corrected chi connectivity index (χ0v) is 15.1. The van der Waals surface area contributed by atoms with E-state index in [0.29, 0.717) is 6.04 Å². The molecule has 2 rings (SSSR count). The summed E-state index contributed by atoms with van der Waals surface area (Å²) in [5, 5.41) is 0. The molecule has 19 heavy (non-hydrogen) atoms. The maximum atomic E-state index is 12.4. The maximum Gasteiger partial charge on any atom is 0.264 e. The van der Waals surface area contributed by atoms with E-state index < -0.39 is 0 Å². The van der Waals surface area contributed by atoms with Gasteiger partial charge in [0, 0.05) is 36.7 Å². The molecular formula is C13H18Br2N2OS. The molecule has 0 N–H and O–H groups in total. The Labute approximate surface area is 135 Å². The Morgan fingerprint density at radius 2 is 2.00 bits per heavy atom. The van der Waals surface area contributed by atoms with Crippen LogP contribution in [0.4, 0.5) is 0 Å². The molecule has 1 saturated heterocycles. The van der Waals surface area contributed by atoms with Gasteiger partial charge in [0.15, 0.2) is 0 Å². The van der Waals surface area contributed by atoms with Crippen LogP contribution in [0.5, 0.6) is 0 Å². The lowest BCUT2D eigenvalue weighted by Gasteiger charge is -2.37. The highest BCUT2D eigenvalue weighted by Gasteiger charge is 2.25. The average molecular weight is 410 g/mol. The second-order valence-corrected chi connectivity index (χ2v) is 8.04. The van der Waals surface area contributed by atoms with Gasteiger partial charge in [-0.15, -0.1) is 11.3 Å². The first kappa shape index (κ1) is 15.5. The summed E-state index contributed by atoms with van der Waals surface area (Å²) in [6, 6.07) is 2.51. The number of piperazine rings is 1. The van der Waals surface area contributed by atoms with Gasteiger partial charge in [0.2, 0.25) is 0 Å². The van der Waals surface area contributed by atoms with E-state index in [1.54, 1.807) is 0 Å². The van der Waals surface area contributed by atoms with Gasteiger partial charge < -0.3 is 4.90 Å². The number of halogens is 2. The van der Waals surface area contributed by atoms with E-state index in [9.17, 15) is 4.79 Å². The molecule has 0 aromatic carbocycles. The van der Waals surface area contributed by atoms with Crippen molar-refractivity contribution in [3.8, 4) is 0 Å². The highest BCUT2D eigenvalue weighted by atomic mass is 79.9. The Morgan fingerprint density at radius 3 is 2.47 bits per heavy atom. The minimum Gasteiger partial charge on any atom is -0.335 e. The van der Waals surface area contributed by atoms with Gasteiger partial charge in [0.1, 0.15) is 0 Å². The molecule has 1 unspecified atom stereocenters. The van der Waals surface area contributed by atoms with Crippen LogP contribution in [0.15, 0.2) is 14.3 Å². The smallest absolute Gasteiger partial charge is 0.264 e. The molecule has 1 aliphatic rings. The van der Waals surface area contributed by atoms with Crippen molar-refractivity contribution in [1.82, 2.24) is 9.80 Å². The van der Waals surface area contributed by atoms with Crippen molar-refractivity contribution in [2.24, 2.45) is 0 Å². The van der Waals surface area contributed by atoms with Crippen LogP contribution in [0.3, 0.4) is 0 Å². The van der Waals surface area contributed by atoms with Gasteiger partial charge >= 0.3 is 0 Å². The van der Waals surface area contributed by atoms with Crippen molar-refractivity contribution in [2.45, 2.75) is 26.3 Å². The quantitative estimate of drug-likeness (QED) is 0.757. The predicted molar refractivity (Wildman–Crippen MR) is 86.9 cm³/mol. The molecule has 1 amide bonds. The largest absolute Gasteiger partial charge is 0.335 e. The second-order valence-electron chi connectivity index (χ2n) is 4.82. The number of thiophene rings is 1. The van der Waals surface area contributed by atoms with Crippen LogP contribution < -0.4 is 0 Å². The summed E-state index contributed by atoms with van der Waals surface area (Å²) in [4.78, 5) is 17.6. The number of carbonyl (C=O) groups excluding carboxylic acids is 1. The first-order valence-corrected chi connectivity index (χ1v) is 8.91. The SMILES string of the molecule is CCC(C)N1CCN(C(=O)c2cc(Br)c(Br)s2)CC1. The average Bonchev–Trinajstić information content (AvgIpc) is 2.77. The number of hydrogen-bond acceptors (Lipinski definition) is 3. The molecule has 0 bridgehead atoms. The fourth-order valence-corrected chi connectivity index (χ4v) is 4.24. The van der Waals surface area contributed by atoms with Gasteiger partial charge in [-0.25, -0.2) is 0 Å². The van der Waals surface area contributed by atoms with Crippen molar-refractivity contribution in [3.05, 3.63) is 19.2 Å². The summed E-state index contributed by atoms with van der Waals surface area (Å²) < 4.78 is 1.94. The van der Waals surface area contributed by atoms with Crippen LogP contribution in [0, 0.1) is 0 Å². The zero-order chi connectivity index (χ0) is 14.0. The molecule has 0 radical (unpaired) electrons. The number of nitrogens with zero attached hydrogens (tertiary/aromatic N) is 2. The topological polar surface area (TPSA) is 23.6 Å². The van der Waals surface area contributed by atoms with Gasteiger partial charge in [-0.3, -0.25) is 9.69 Å². The zero-order valence-electron chi connectivity index (χ0n) is 11.2. The van der Waals surface area contributed by atoms with E-state index in [4.69, 9.17) is 0 Å². The summed E-state index contributed by atoms with van der Waals surface area (Å²) in [6.07, 6.45) is 1.17. The van der Waals surface area contributed by atoms with Crippen molar-refractivity contribution < 1.29 is 4.79 Å². The number of rotatable bonds is 3. The molecule has 1 aromatic rings. The lowest BCUT2D eigenvalue weighted by atomic mass is 10.2. The van der Waals surface area contributed by atoms with E-state index in [-0.39, 0.29) is 5.91 Å². The Kier molecular flexibility index (Phi) is 5.45.